The van der Waals surface area contributed by atoms with Crippen molar-refractivity contribution in [3.8, 4) is 0 Å². The smallest absolute Gasteiger partial charge is 0.293 e. The van der Waals surface area contributed by atoms with Crippen LogP contribution in [0, 0.1) is 6.92 Å². The van der Waals surface area contributed by atoms with Crippen LogP contribution in [0.1, 0.15) is 38.7 Å². The van der Waals surface area contributed by atoms with Gasteiger partial charge in [-0.15, -0.1) is 10.2 Å². The molecule has 1 aromatic heterocycles. The molecule has 1 N–H and O–H groups in total. The number of anilines is 2. The number of hydrogen-bond acceptors (Lipinski definition) is 6. The molecule has 0 saturated heterocycles. The third-order valence-electron chi connectivity index (χ3n) is 3.59. The first kappa shape index (κ1) is 19.3. The summed E-state index contributed by atoms with van der Waals surface area (Å²) in [5.41, 5.74) is 1.46. The van der Waals surface area contributed by atoms with Gasteiger partial charge in [0.15, 0.2) is 0 Å². The molecule has 2 aromatic rings. The first-order valence-electron chi connectivity index (χ1n) is 8.11. The Morgan fingerprint density at radius 3 is 2.60 bits per heavy atom. The molecule has 0 aliphatic carbocycles. The Morgan fingerprint density at radius 1 is 1.24 bits per heavy atom. The predicted octanol–water partition coefficient (Wildman–Crippen LogP) is 3.19. The number of nitrogens with zero attached hydrogens (tertiary/aromatic N) is 3. The van der Waals surface area contributed by atoms with E-state index in [1.54, 1.807) is 19.1 Å². The van der Waals surface area contributed by atoms with Gasteiger partial charge in [-0.3, -0.25) is 9.10 Å². The summed E-state index contributed by atoms with van der Waals surface area (Å²) in [4.78, 5) is 11.8. The summed E-state index contributed by atoms with van der Waals surface area (Å²) in [5.74, 6) is -0.187. The summed E-state index contributed by atoms with van der Waals surface area (Å²) in [5, 5.41) is 10.4. The van der Waals surface area contributed by atoms with E-state index in [1.807, 2.05) is 26.0 Å². The highest BCUT2D eigenvalue weighted by Crippen LogP contribution is 2.29. The van der Waals surface area contributed by atoms with Crippen LogP contribution in [0.5, 0.6) is 0 Å². The first-order chi connectivity index (χ1) is 11.9. The van der Waals surface area contributed by atoms with Gasteiger partial charge in [-0.2, -0.15) is 8.42 Å². The van der Waals surface area contributed by atoms with Crippen LogP contribution in [0.25, 0.3) is 0 Å². The molecule has 0 aliphatic heterocycles. The van der Waals surface area contributed by atoms with E-state index in [-0.39, 0.29) is 21.9 Å². The third-order valence-corrected chi connectivity index (χ3v) is 6.67. The van der Waals surface area contributed by atoms with Crippen molar-refractivity contribution in [1.82, 2.24) is 10.2 Å². The number of benzene rings is 1. The molecular weight excluding hydrogens is 360 g/mol. The number of aryl methyl sites for hydroxylation is 1. The maximum atomic E-state index is 12.9. The minimum atomic E-state index is -3.83. The van der Waals surface area contributed by atoms with Gasteiger partial charge in [-0.25, -0.2) is 0 Å². The van der Waals surface area contributed by atoms with Crippen molar-refractivity contribution < 1.29 is 13.2 Å². The van der Waals surface area contributed by atoms with Gasteiger partial charge in [0.1, 0.15) is 0 Å². The molecule has 0 aliphatic rings. The fourth-order valence-corrected chi connectivity index (χ4v) is 4.85. The number of carbonyl (C=O) groups excluding carboxylic acids is 1. The molecule has 0 unspecified atom stereocenters. The van der Waals surface area contributed by atoms with Crippen LogP contribution in [-0.4, -0.2) is 31.1 Å². The molecule has 0 bridgehead atoms. The average molecular weight is 383 g/mol. The second kappa shape index (κ2) is 8.39. The van der Waals surface area contributed by atoms with Crippen molar-refractivity contribution in [2.75, 3.05) is 16.2 Å². The predicted molar refractivity (Wildman–Crippen MR) is 99.4 cm³/mol. The fraction of sp³-hybridized carbons (Fsp3) is 0.438. The lowest BCUT2D eigenvalue weighted by Crippen LogP contribution is -2.31. The SMILES string of the molecule is CCCCC(=O)Nc1nnc(S(=O)(=O)N(CC)c2ccccc2C)s1. The molecule has 1 amide bonds. The Morgan fingerprint density at radius 2 is 1.96 bits per heavy atom. The van der Waals surface area contributed by atoms with Crippen LogP contribution in [0.4, 0.5) is 10.8 Å². The second-order valence-corrected chi connectivity index (χ2v) is 8.49. The molecule has 2 rings (SSSR count). The summed E-state index contributed by atoms with van der Waals surface area (Å²) in [6.07, 6.45) is 2.06. The van der Waals surface area contributed by atoms with Crippen molar-refractivity contribution in [3.05, 3.63) is 29.8 Å². The number of para-hydroxylation sites is 1. The maximum Gasteiger partial charge on any atom is 0.293 e. The maximum absolute atomic E-state index is 12.9. The summed E-state index contributed by atoms with van der Waals surface area (Å²) >= 11 is 0.862. The molecule has 9 heteroatoms. The van der Waals surface area contributed by atoms with Crippen LogP contribution >= 0.6 is 11.3 Å². The lowest BCUT2D eigenvalue weighted by atomic mass is 10.2. The zero-order valence-electron chi connectivity index (χ0n) is 14.5. The van der Waals surface area contributed by atoms with Gasteiger partial charge in [0.2, 0.25) is 11.0 Å². The minimum absolute atomic E-state index is 0.136. The molecule has 25 heavy (non-hydrogen) atoms. The highest BCUT2D eigenvalue weighted by molar-refractivity contribution is 7.94. The van der Waals surface area contributed by atoms with Crippen molar-refractivity contribution in [2.24, 2.45) is 0 Å². The van der Waals surface area contributed by atoms with E-state index in [0.717, 1.165) is 29.7 Å². The number of amides is 1. The van der Waals surface area contributed by atoms with Crippen LogP contribution in [0.3, 0.4) is 0 Å². The van der Waals surface area contributed by atoms with E-state index in [9.17, 15) is 13.2 Å². The standard InChI is InChI=1S/C16H22N4O3S2/c1-4-6-11-14(21)17-15-18-19-16(24-15)25(22,23)20(5-2)13-10-8-7-9-12(13)3/h7-10H,4-6,11H2,1-3H3,(H,17,18,21). The van der Waals surface area contributed by atoms with Crippen LogP contribution in [-0.2, 0) is 14.8 Å². The monoisotopic (exact) mass is 382 g/mol. The Bertz CT molecular complexity index is 833. The zero-order chi connectivity index (χ0) is 18.4. The normalized spacial score (nSPS) is 11.3. The molecule has 0 fully saturated rings. The fourth-order valence-electron chi connectivity index (χ4n) is 2.29. The van der Waals surface area contributed by atoms with Gasteiger partial charge in [0.25, 0.3) is 14.4 Å². The van der Waals surface area contributed by atoms with E-state index >= 15 is 0 Å². The molecule has 136 valence electrons. The number of sulfonamides is 1. The summed E-state index contributed by atoms with van der Waals surface area (Å²) in [6, 6.07) is 7.26. The third kappa shape index (κ3) is 4.55. The molecule has 1 heterocycles. The van der Waals surface area contributed by atoms with Gasteiger partial charge in [-0.05, 0) is 31.9 Å². The first-order valence-corrected chi connectivity index (χ1v) is 10.4. The Hall–Kier alpha value is -2.00. The van der Waals surface area contributed by atoms with Gasteiger partial charge >= 0.3 is 0 Å². The van der Waals surface area contributed by atoms with Crippen molar-refractivity contribution in [1.29, 1.82) is 0 Å². The topological polar surface area (TPSA) is 92.3 Å². The van der Waals surface area contributed by atoms with Crippen molar-refractivity contribution >= 4 is 38.1 Å². The number of unbranched alkanes of at least 4 members (excludes halogenated alkanes) is 1. The quantitative estimate of drug-likeness (QED) is 0.708. The van der Waals surface area contributed by atoms with Gasteiger partial charge in [0.05, 0.1) is 5.69 Å². The van der Waals surface area contributed by atoms with Gasteiger partial charge < -0.3 is 5.32 Å². The second-order valence-electron chi connectivity index (χ2n) is 5.48. The van der Waals surface area contributed by atoms with E-state index in [4.69, 9.17) is 0 Å². The van der Waals surface area contributed by atoms with Gasteiger partial charge in [-0.1, -0.05) is 42.9 Å². The Kier molecular flexibility index (Phi) is 6.49. The number of nitrogens with one attached hydrogen (secondary N) is 1. The van der Waals surface area contributed by atoms with E-state index in [2.05, 4.69) is 15.5 Å². The van der Waals surface area contributed by atoms with Crippen molar-refractivity contribution in [3.63, 3.8) is 0 Å². The molecular formula is C16H22N4O3S2. The molecule has 1 aromatic carbocycles. The van der Waals surface area contributed by atoms with E-state index in [0.29, 0.717) is 12.1 Å². The number of aromatic nitrogens is 2. The largest absolute Gasteiger partial charge is 0.301 e. The summed E-state index contributed by atoms with van der Waals surface area (Å²) < 4.78 is 27.0. The van der Waals surface area contributed by atoms with Gasteiger partial charge in [0, 0.05) is 13.0 Å². The number of hydrogen-bond donors (Lipinski definition) is 1. The minimum Gasteiger partial charge on any atom is -0.301 e. The molecule has 0 spiro atoms. The van der Waals surface area contributed by atoms with Crippen LogP contribution in [0.15, 0.2) is 28.6 Å². The van der Waals surface area contributed by atoms with E-state index in [1.165, 1.54) is 4.31 Å². The zero-order valence-corrected chi connectivity index (χ0v) is 16.2. The Balaban J connectivity index is 2.24. The highest BCUT2D eigenvalue weighted by Gasteiger charge is 2.29. The molecule has 0 radical (unpaired) electrons. The number of rotatable bonds is 8. The Labute approximate surface area is 152 Å². The lowest BCUT2D eigenvalue weighted by Gasteiger charge is -2.22. The summed E-state index contributed by atoms with van der Waals surface area (Å²) in [7, 11) is -3.83. The van der Waals surface area contributed by atoms with E-state index < -0.39 is 10.0 Å². The number of carbonyl (C=O) groups is 1. The lowest BCUT2D eigenvalue weighted by molar-refractivity contribution is -0.116. The molecule has 0 atom stereocenters. The average Bonchev–Trinajstić information content (AvgIpc) is 3.04. The molecule has 7 nitrogen and oxygen atoms in total. The summed E-state index contributed by atoms with van der Waals surface area (Å²) in [6.45, 7) is 5.88. The van der Waals surface area contributed by atoms with Crippen molar-refractivity contribution in [2.45, 2.75) is 44.4 Å². The highest BCUT2D eigenvalue weighted by atomic mass is 32.2. The molecule has 0 saturated carbocycles. The van der Waals surface area contributed by atoms with Crippen LogP contribution < -0.4 is 9.62 Å². The van der Waals surface area contributed by atoms with Crippen LogP contribution in [0.2, 0.25) is 0 Å².